The molecule has 2 aromatic rings. The van der Waals surface area contributed by atoms with Crippen molar-refractivity contribution in [1.82, 2.24) is 9.97 Å². The molecule has 4 heteroatoms. The highest BCUT2D eigenvalue weighted by Gasteiger charge is 2.19. The Hall–Kier alpha value is -1.55. The lowest BCUT2D eigenvalue weighted by Gasteiger charge is -2.29. The van der Waals surface area contributed by atoms with Crippen LogP contribution in [0.2, 0.25) is 0 Å². The van der Waals surface area contributed by atoms with E-state index in [0.29, 0.717) is 6.54 Å². The summed E-state index contributed by atoms with van der Waals surface area (Å²) in [6.07, 6.45) is 1.71. The van der Waals surface area contributed by atoms with Crippen LogP contribution in [0.15, 0.2) is 24.3 Å². The molecule has 0 bridgehead atoms. The minimum absolute atomic E-state index is 0.220. The summed E-state index contributed by atoms with van der Waals surface area (Å²) in [5.74, 6) is 0.875. The van der Waals surface area contributed by atoms with E-state index in [0.717, 1.165) is 36.4 Å². The van der Waals surface area contributed by atoms with Gasteiger partial charge in [0, 0.05) is 13.1 Å². The number of hydrogen-bond donors (Lipinski definition) is 2. The maximum absolute atomic E-state index is 9.63. The standard InChI is InChI=1S/C12H15N3O/c16-9-4-3-7-15(8-9)12-13-10-5-1-2-6-11(10)14-12/h1-2,5-6,9,16H,3-4,7-8H2,(H,13,14)/t9-/m0/s1. The minimum Gasteiger partial charge on any atom is -0.391 e. The fraction of sp³-hybridized carbons (Fsp3) is 0.417. The molecule has 1 aromatic heterocycles. The van der Waals surface area contributed by atoms with Gasteiger partial charge < -0.3 is 15.0 Å². The van der Waals surface area contributed by atoms with Gasteiger partial charge in [-0.1, -0.05) is 12.1 Å². The molecule has 0 saturated carbocycles. The molecule has 2 heterocycles. The second kappa shape index (κ2) is 3.79. The monoisotopic (exact) mass is 217 g/mol. The van der Waals surface area contributed by atoms with Crippen LogP contribution >= 0.6 is 0 Å². The maximum Gasteiger partial charge on any atom is 0.203 e. The van der Waals surface area contributed by atoms with Crippen LogP contribution in [0, 0.1) is 0 Å². The molecule has 0 spiro atoms. The summed E-state index contributed by atoms with van der Waals surface area (Å²) in [4.78, 5) is 9.94. The second-order valence-corrected chi connectivity index (χ2v) is 4.32. The van der Waals surface area contributed by atoms with Gasteiger partial charge in [0.05, 0.1) is 17.1 Å². The Morgan fingerprint density at radius 1 is 1.38 bits per heavy atom. The molecule has 0 unspecified atom stereocenters. The van der Waals surface area contributed by atoms with E-state index in [1.807, 2.05) is 24.3 Å². The minimum atomic E-state index is -0.220. The molecule has 1 aromatic carbocycles. The van der Waals surface area contributed by atoms with E-state index in [-0.39, 0.29) is 6.10 Å². The van der Waals surface area contributed by atoms with Crippen molar-refractivity contribution in [2.45, 2.75) is 18.9 Å². The van der Waals surface area contributed by atoms with Gasteiger partial charge >= 0.3 is 0 Å². The first-order valence-corrected chi connectivity index (χ1v) is 5.71. The molecule has 4 nitrogen and oxygen atoms in total. The summed E-state index contributed by atoms with van der Waals surface area (Å²) < 4.78 is 0. The Morgan fingerprint density at radius 2 is 2.25 bits per heavy atom. The molecule has 0 aliphatic carbocycles. The van der Waals surface area contributed by atoms with Crippen molar-refractivity contribution in [1.29, 1.82) is 0 Å². The van der Waals surface area contributed by atoms with E-state index in [1.54, 1.807) is 0 Å². The molecule has 2 N–H and O–H groups in total. The topological polar surface area (TPSA) is 52.1 Å². The maximum atomic E-state index is 9.63. The zero-order chi connectivity index (χ0) is 11.0. The number of piperidine rings is 1. The van der Waals surface area contributed by atoms with Crippen molar-refractivity contribution in [3.8, 4) is 0 Å². The highest BCUT2D eigenvalue weighted by atomic mass is 16.3. The average Bonchev–Trinajstić information content (AvgIpc) is 2.72. The van der Waals surface area contributed by atoms with Gasteiger partial charge in [-0.15, -0.1) is 0 Å². The van der Waals surface area contributed by atoms with Crippen molar-refractivity contribution in [2.75, 3.05) is 18.0 Å². The van der Waals surface area contributed by atoms with E-state index in [1.165, 1.54) is 0 Å². The van der Waals surface area contributed by atoms with Gasteiger partial charge in [-0.2, -0.15) is 0 Å². The molecular formula is C12H15N3O. The number of imidazole rings is 1. The first-order valence-electron chi connectivity index (χ1n) is 5.71. The first-order chi connectivity index (χ1) is 7.83. The summed E-state index contributed by atoms with van der Waals surface area (Å²) >= 11 is 0. The smallest absolute Gasteiger partial charge is 0.203 e. The van der Waals surface area contributed by atoms with Gasteiger partial charge in [-0.25, -0.2) is 4.98 Å². The average molecular weight is 217 g/mol. The SMILES string of the molecule is O[C@H]1CCCN(c2nc3ccccc3[nH]2)C1. The molecule has 1 atom stereocenters. The predicted octanol–water partition coefficient (Wildman–Crippen LogP) is 1.52. The molecule has 84 valence electrons. The molecule has 1 aliphatic rings. The summed E-state index contributed by atoms with van der Waals surface area (Å²) in [7, 11) is 0. The number of anilines is 1. The number of rotatable bonds is 1. The summed E-state index contributed by atoms with van der Waals surface area (Å²) in [6.45, 7) is 1.65. The number of fused-ring (bicyclic) bond motifs is 1. The van der Waals surface area contributed by atoms with Crippen LogP contribution in [-0.4, -0.2) is 34.3 Å². The van der Waals surface area contributed by atoms with Gasteiger partial charge in [0.1, 0.15) is 0 Å². The van der Waals surface area contributed by atoms with Crippen LogP contribution in [0.4, 0.5) is 5.95 Å². The number of para-hydroxylation sites is 2. The van der Waals surface area contributed by atoms with E-state index in [2.05, 4.69) is 14.9 Å². The quantitative estimate of drug-likeness (QED) is 0.761. The van der Waals surface area contributed by atoms with Gasteiger partial charge in [-0.05, 0) is 25.0 Å². The molecular weight excluding hydrogens is 202 g/mol. The van der Waals surface area contributed by atoms with Crippen molar-refractivity contribution in [3.63, 3.8) is 0 Å². The zero-order valence-electron chi connectivity index (χ0n) is 9.06. The van der Waals surface area contributed by atoms with E-state index in [4.69, 9.17) is 0 Å². The van der Waals surface area contributed by atoms with Crippen molar-refractivity contribution >= 4 is 17.0 Å². The number of aliphatic hydroxyl groups excluding tert-OH is 1. The fourth-order valence-electron chi connectivity index (χ4n) is 2.24. The van der Waals surface area contributed by atoms with Crippen LogP contribution in [0.25, 0.3) is 11.0 Å². The molecule has 0 amide bonds. The lowest BCUT2D eigenvalue weighted by molar-refractivity contribution is 0.153. The van der Waals surface area contributed by atoms with E-state index < -0.39 is 0 Å². The van der Waals surface area contributed by atoms with Gasteiger partial charge in [0.2, 0.25) is 5.95 Å². The molecule has 0 radical (unpaired) electrons. The van der Waals surface area contributed by atoms with Crippen LogP contribution in [-0.2, 0) is 0 Å². The lowest BCUT2D eigenvalue weighted by Crippen LogP contribution is -2.38. The zero-order valence-corrected chi connectivity index (χ0v) is 9.06. The van der Waals surface area contributed by atoms with Crippen LogP contribution in [0.3, 0.4) is 0 Å². The van der Waals surface area contributed by atoms with Crippen LogP contribution in [0.5, 0.6) is 0 Å². The number of nitrogens with zero attached hydrogens (tertiary/aromatic N) is 2. The number of nitrogens with one attached hydrogen (secondary N) is 1. The molecule has 1 saturated heterocycles. The van der Waals surface area contributed by atoms with Gasteiger partial charge in [0.25, 0.3) is 0 Å². The number of H-pyrrole nitrogens is 1. The molecule has 3 rings (SSSR count). The molecule has 16 heavy (non-hydrogen) atoms. The Labute approximate surface area is 93.9 Å². The fourth-order valence-corrected chi connectivity index (χ4v) is 2.24. The predicted molar refractivity (Wildman–Crippen MR) is 63.5 cm³/mol. The highest BCUT2D eigenvalue weighted by Crippen LogP contribution is 2.20. The van der Waals surface area contributed by atoms with Crippen molar-refractivity contribution in [2.24, 2.45) is 0 Å². The van der Waals surface area contributed by atoms with Crippen LogP contribution in [0.1, 0.15) is 12.8 Å². The number of benzene rings is 1. The first kappa shape index (κ1) is 9.66. The summed E-state index contributed by atoms with van der Waals surface area (Å²) in [5.41, 5.74) is 2.04. The third kappa shape index (κ3) is 1.65. The number of aromatic amines is 1. The molecule has 1 fully saturated rings. The number of β-amino-alcohol motifs (C(OH)–C–C–N with tert-alkyl or cyclic N) is 1. The van der Waals surface area contributed by atoms with E-state index in [9.17, 15) is 5.11 Å². The largest absolute Gasteiger partial charge is 0.391 e. The van der Waals surface area contributed by atoms with E-state index >= 15 is 0 Å². The molecule has 1 aliphatic heterocycles. The number of aromatic nitrogens is 2. The Bertz CT molecular complexity index is 461. The van der Waals surface area contributed by atoms with Gasteiger partial charge in [0.15, 0.2) is 0 Å². The Balaban J connectivity index is 1.93. The lowest BCUT2D eigenvalue weighted by atomic mass is 10.1. The Morgan fingerprint density at radius 3 is 3.06 bits per heavy atom. The number of aliphatic hydroxyl groups is 1. The Kier molecular flexibility index (Phi) is 2.29. The third-order valence-electron chi connectivity index (χ3n) is 3.07. The normalized spacial score (nSPS) is 21.6. The summed E-state index contributed by atoms with van der Waals surface area (Å²) in [5, 5.41) is 9.63. The van der Waals surface area contributed by atoms with Crippen molar-refractivity contribution < 1.29 is 5.11 Å². The van der Waals surface area contributed by atoms with Gasteiger partial charge in [-0.3, -0.25) is 0 Å². The summed E-state index contributed by atoms with van der Waals surface area (Å²) in [6, 6.07) is 8.00. The number of hydrogen-bond acceptors (Lipinski definition) is 3. The highest BCUT2D eigenvalue weighted by molar-refractivity contribution is 5.77. The third-order valence-corrected chi connectivity index (χ3v) is 3.07. The van der Waals surface area contributed by atoms with Crippen LogP contribution < -0.4 is 4.90 Å². The van der Waals surface area contributed by atoms with Crippen molar-refractivity contribution in [3.05, 3.63) is 24.3 Å². The second-order valence-electron chi connectivity index (χ2n) is 4.32.